The summed E-state index contributed by atoms with van der Waals surface area (Å²) in [6, 6.07) is 6.55. The highest BCUT2D eigenvalue weighted by molar-refractivity contribution is 6.04. The Morgan fingerprint density at radius 1 is 1.23 bits per heavy atom. The Bertz CT molecular complexity index is 878. The van der Waals surface area contributed by atoms with E-state index in [0.717, 1.165) is 12.8 Å². The molecule has 1 saturated carbocycles. The summed E-state index contributed by atoms with van der Waals surface area (Å²) in [6.07, 6.45) is 2.03. The van der Waals surface area contributed by atoms with Crippen LogP contribution in [-0.2, 0) is 19.1 Å². The molecule has 2 atom stereocenters. The Kier molecular flexibility index (Phi) is 6.01. The van der Waals surface area contributed by atoms with Crippen molar-refractivity contribution in [2.75, 3.05) is 18.5 Å². The number of anilines is 1. The molecule has 0 aromatic heterocycles. The highest BCUT2D eigenvalue weighted by atomic mass is 16.5. The number of nitrogens with zero attached hydrogens (tertiary/aromatic N) is 1. The molecule has 7 nitrogen and oxygen atoms in total. The maximum absolute atomic E-state index is 13.0. The summed E-state index contributed by atoms with van der Waals surface area (Å²) in [5.41, 5.74) is 0.00820. The average Bonchev–Trinajstić information content (AvgIpc) is 2.88. The highest BCUT2D eigenvalue weighted by Crippen LogP contribution is 2.60. The number of benzene rings is 1. The summed E-state index contributed by atoms with van der Waals surface area (Å²) in [7, 11) is 0. The molecule has 1 heterocycles. The second-order valence-electron chi connectivity index (χ2n) is 8.89. The standard InChI is InChI=1S/C23H30N2O5/c1-5-30-20(28)15-8-6-9-16(14-15)24-18(26)10-7-13-25-19(27)17-11-12-23(4,21(25)29)22(17,2)3/h6,8-9,14,17H,5,7,10-13H2,1-4H3,(H,24,26). The van der Waals surface area contributed by atoms with Gasteiger partial charge in [-0.2, -0.15) is 0 Å². The average molecular weight is 415 g/mol. The lowest BCUT2D eigenvalue weighted by Gasteiger charge is -2.47. The predicted octanol–water partition coefficient (Wildman–Crippen LogP) is 3.39. The van der Waals surface area contributed by atoms with Crippen molar-refractivity contribution < 1.29 is 23.9 Å². The number of hydrogen-bond acceptors (Lipinski definition) is 5. The molecule has 2 aliphatic rings. The zero-order valence-electron chi connectivity index (χ0n) is 18.1. The number of amides is 3. The summed E-state index contributed by atoms with van der Waals surface area (Å²) in [5.74, 6) is -1.04. The minimum atomic E-state index is -0.526. The Morgan fingerprint density at radius 3 is 2.67 bits per heavy atom. The van der Waals surface area contributed by atoms with Gasteiger partial charge in [0, 0.05) is 24.6 Å². The van der Waals surface area contributed by atoms with Crippen molar-refractivity contribution in [2.45, 2.75) is 53.4 Å². The van der Waals surface area contributed by atoms with Crippen LogP contribution in [-0.4, -0.2) is 41.7 Å². The molecule has 7 heteroatoms. The van der Waals surface area contributed by atoms with Gasteiger partial charge in [-0.1, -0.05) is 26.8 Å². The molecule has 0 spiro atoms. The van der Waals surface area contributed by atoms with Crippen molar-refractivity contribution in [1.82, 2.24) is 4.90 Å². The lowest BCUT2D eigenvalue weighted by Crippen LogP contribution is -2.59. The van der Waals surface area contributed by atoms with Gasteiger partial charge in [-0.3, -0.25) is 19.3 Å². The molecule has 162 valence electrons. The van der Waals surface area contributed by atoms with E-state index in [1.54, 1.807) is 31.2 Å². The van der Waals surface area contributed by atoms with Gasteiger partial charge in [0.05, 0.1) is 17.6 Å². The normalized spacial score (nSPS) is 24.7. The number of rotatable bonds is 7. The number of hydrogen-bond donors (Lipinski definition) is 1. The lowest BCUT2D eigenvalue weighted by atomic mass is 9.62. The number of ether oxygens (including phenoxy) is 1. The van der Waals surface area contributed by atoms with Crippen LogP contribution in [0.25, 0.3) is 0 Å². The quantitative estimate of drug-likeness (QED) is 0.545. The molecule has 3 amide bonds. The topological polar surface area (TPSA) is 92.8 Å². The van der Waals surface area contributed by atoms with Crippen LogP contribution >= 0.6 is 0 Å². The number of piperidine rings is 1. The van der Waals surface area contributed by atoms with Gasteiger partial charge >= 0.3 is 5.97 Å². The fourth-order valence-electron chi connectivity index (χ4n) is 4.67. The number of esters is 1. The summed E-state index contributed by atoms with van der Waals surface area (Å²) in [6.45, 7) is 8.23. The maximum atomic E-state index is 13.0. The molecule has 1 aliphatic heterocycles. The van der Waals surface area contributed by atoms with E-state index in [-0.39, 0.29) is 48.6 Å². The van der Waals surface area contributed by atoms with Crippen molar-refractivity contribution in [2.24, 2.45) is 16.7 Å². The molecule has 2 unspecified atom stereocenters. The number of fused-ring (bicyclic) bond motifs is 2. The first-order valence-electron chi connectivity index (χ1n) is 10.5. The third-order valence-electron chi connectivity index (χ3n) is 6.95. The van der Waals surface area contributed by atoms with Crippen molar-refractivity contribution in [3.8, 4) is 0 Å². The van der Waals surface area contributed by atoms with Crippen LogP contribution in [0, 0.1) is 16.7 Å². The first-order chi connectivity index (χ1) is 14.1. The summed E-state index contributed by atoms with van der Waals surface area (Å²) in [5, 5.41) is 2.75. The molecule has 1 aromatic carbocycles. The Hall–Kier alpha value is -2.70. The molecule has 3 rings (SSSR count). The molecule has 0 radical (unpaired) electrons. The second-order valence-corrected chi connectivity index (χ2v) is 8.89. The van der Waals surface area contributed by atoms with Crippen molar-refractivity contribution in [3.63, 3.8) is 0 Å². The van der Waals surface area contributed by atoms with E-state index >= 15 is 0 Å². The number of imide groups is 1. The van der Waals surface area contributed by atoms with E-state index in [9.17, 15) is 19.2 Å². The minimum Gasteiger partial charge on any atom is -0.462 e. The molecule has 2 fully saturated rings. The van der Waals surface area contributed by atoms with Crippen LogP contribution in [0.4, 0.5) is 5.69 Å². The molecule has 1 saturated heterocycles. The molecular weight excluding hydrogens is 384 g/mol. The maximum Gasteiger partial charge on any atom is 0.338 e. The second kappa shape index (κ2) is 8.20. The van der Waals surface area contributed by atoms with Crippen LogP contribution in [0.3, 0.4) is 0 Å². The molecule has 30 heavy (non-hydrogen) atoms. The van der Waals surface area contributed by atoms with E-state index < -0.39 is 11.4 Å². The fourth-order valence-corrected chi connectivity index (χ4v) is 4.67. The van der Waals surface area contributed by atoms with Gasteiger partial charge in [0.25, 0.3) is 0 Å². The third kappa shape index (κ3) is 3.73. The smallest absolute Gasteiger partial charge is 0.338 e. The lowest BCUT2D eigenvalue weighted by molar-refractivity contribution is -0.168. The minimum absolute atomic E-state index is 0.109. The Morgan fingerprint density at radius 2 is 1.97 bits per heavy atom. The van der Waals surface area contributed by atoms with Crippen LogP contribution in [0.1, 0.15) is 63.7 Å². The van der Waals surface area contributed by atoms with Crippen LogP contribution in [0.2, 0.25) is 0 Å². The van der Waals surface area contributed by atoms with Gasteiger partial charge in [-0.15, -0.1) is 0 Å². The summed E-state index contributed by atoms with van der Waals surface area (Å²) >= 11 is 0. The van der Waals surface area contributed by atoms with Gasteiger partial charge in [0.2, 0.25) is 17.7 Å². The number of likely N-dealkylation sites (tertiary alicyclic amines) is 1. The third-order valence-corrected chi connectivity index (χ3v) is 6.95. The number of nitrogens with one attached hydrogen (secondary N) is 1. The molecule has 1 N–H and O–H groups in total. The highest BCUT2D eigenvalue weighted by Gasteiger charge is 2.64. The molecule has 1 aromatic rings. The van der Waals surface area contributed by atoms with Gasteiger partial charge in [-0.05, 0) is 49.8 Å². The first-order valence-corrected chi connectivity index (χ1v) is 10.5. The zero-order valence-corrected chi connectivity index (χ0v) is 18.1. The van der Waals surface area contributed by atoms with Crippen molar-refractivity contribution in [3.05, 3.63) is 29.8 Å². The predicted molar refractivity (Wildman–Crippen MR) is 112 cm³/mol. The number of carbonyl (C=O) groups excluding carboxylic acids is 4. The van der Waals surface area contributed by atoms with Gasteiger partial charge < -0.3 is 10.1 Å². The van der Waals surface area contributed by atoms with Crippen LogP contribution in [0.15, 0.2) is 24.3 Å². The Balaban J connectivity index is 1.55. The SMILES string of the molecule is CCOC(=O)c1cccc(NC(=O)CCCN2C(=O)C3CCC(C)(C2=O)C3(C)C)c1. The fraction of sp³-hybridized carbons (Fsp3) is 0.565. The zero-order chi connectivity index (χ0) is 22.1. The molecular formula is C23H30N2O5. The van der Waals surface area contributed by atoms with Gasteiger partial charge in [0.1, 0.15) is 0 Å². The first kappa shape index (κ1) is 22.0. The van der Waals surface area contributed by atoms with E-state index in [1.165, 1.54) is 4.90 Å². The molecule has 2 bridgehead atoms. The van der Waals surface area contributed by atoms with E-state index in [0.29, 0.717) is 17.7 Å². The Labute approximate surface area is 177 Å². The monoisotopic (exact) mass is 414 g/mol. The largest absolute Gasteiger partial charge is 0.462 e. The van der Waals surface area contributed by atoms with Crippen LogP contribution < -0.4 is 5.32 Å². The van der Waals surface area contributed by atoms with E-state index in [4.69, 9.17) is 4.74 Å². The summed E-state index contributed by atoms with van der Waals surface area (Å²) in [4.78, 5) is 51.3. The van der Waals surface area contributed by atoms with E-state index in [2.05, 4.69) is 5.32 Å². The molecule has 1 aliphatic carbocycles. The van der Waals surface area contributed by atoms with E-state index in [1.807, 2.05) is 20.8 Å². The van der Waals surface area contributed by atoms with Crippen LogP contribution in [0.5, 0.6) is 0 Å². The van der Waals surface area contributed by atoms with Gasteiger partial charge in [-0.25, -0.2) is 4.79 Å². The van der Waals surface area contributed by atoms with Crippen molar-refractivity contribution in [1.29, 1.82) is 0 Å². The van der Waals surface area contributed by atoms with Crippen molar-refractivity contribution >= 4 is 29.4 Å². The van der Waals surface area contributed by atoms with Gasteiger partial charge in [0.15, 0.2) is 0 Å². The summed E-state index contributed by atoms with van der Waals surface area (Å²) < 4.78 is 4.96. The number of carbonyl (C=O) groups is 4.